The number of aryl methyl sites for hydroxylation is 1. The average Bonchev–Trinajstić information content (AvgIpc) is 2.80. The number of halogens is 3. The summed E-state index contributed by atoms with van der Waals surface area (Å²) >= 11 is 5.79. The summed E-state index contributed by atoms with van der Waals surface area (Å²) in [7, 11) is 0. The second kappa shape index (κ2) is 4.17. The molecule has 19 heavy (non-hydrogen) atoms. The lowest BCUT2D eigenvalue weighted by molar-refractivity contribution is 0.508. The second-order valence-electron chi connectivity index (χ2n) is 5.80. The summed E-state index contributed by atoms with van der Waals surface area (Å²) in [4.78, 5) is 4.40. The van der Waals surface area contributed by atoms with Crippen LogP contribution in [0.2, 0.25) is 0 Å². The normalized spacial score (nSPS) is 21.0. The average molecular weight is 285 g/mol. The van der Waals surface area contributed by atoms with Crippen LogP contribution in [0.3, 0.4) is 0 Å². The van der Waals surface area contributed by atoms with Crippen LogP contribution in [0.1, 0.15) is 32.1 Å². The lowest BCUT2D eigenvalue weighted by atomic mass is 10.2. The molecule has 3 rings (SSSR count). The maximum atomic E-state index is 13.5. The fourth-order valence-corrected chi connectivity index (χ4v) is 2.80. The van der Waals surface area contributed by atoms with Crippen LogP contribution in [0.25, 0.3) is 11.0 Å². The summed E-state index contributed by atoms with van der Waals surface area (Å²) < 4.78 is 28.8. The Bertz CT molecular complexity index is 648. The molecular weight excluding hydrogens is 270 g/mol. The first-order valence-corrected chi connectivity index (χ1v) is 6.89. The van der Waals surface area contributed by atoms with E-state index in [4.69, 9.17) is 11.6 Å². The second-order valence-corrected chi connectivity index (χ2v) is 6.18. The maximum Gasteiger partial charge on any atom is 0.161 e. The first kappa shape index (κ1) is 12.9. The van der Waals surface area contributed by atoms with Crippen molar-refractivity contribution in [3.05, 3.63) is 29.6 Å². The van der Waals surface area contributed by atoms with Gasteiger partial charge in [-0.15, -0.1) is 11.6 Å². The third-order valence-electron chi connectivity index (χ3n) is 3.90. The summed E-state index contributed by atoms with van der Waals surface area (Å²) in [6, 6.07) is 2.69. The Morgan fingerprint density at radius 1 is 1.37 bits per heavy atom. The van der Waals surface area contributed by atoms with Crippen LogP contribution in [-0.2, 0) is 6.42 Å². The smallest absolute Gasteiger partial charge is 0.161 e. The highest BCUT2D eigenvalue weighted by atomic mass is 35.5. The monoisotopic (exact) mass is 284 g/mol. The Labute approximate surface area is 115 Å². The largest absolute Gasteiger partial charge is 0.324 e. The van der Waals surface area contributed by atoms with Crippen molar-refractivity contribution in [1.29, 1.82) is 0 Å². The van der Waals surface area contributed by atoms with E-state index in [9.17, 15) is 8.78 Å². The molecule has 0 bridgehead atoms. The summed E-state index contributed by atoms with van der Waals surface area (Å²) in [6.07, 6.45) is 1.62. The van der Waals surface area contributed by atoms with E-state index in [1.165, 1.54) is 6.07 Å². The molecule has 5 heteroatoms. The Balaban J connectivity index is 2.21. The van der Waals surface area contributed by atoms with Crippen LogP contribution >= 0.6 is 11.6 Å². The van der Waals surface area contributed by atoms with Gasteiger partial charge in [0, 0.05) is 30.5 Å². The number of fused-ring (bicyclic) bond motifs is 1. The summed E-state index contributed by atoms with van der Waals surface area (Å²) in [6.45, 7) is 4.32. The highest BCUT2D eigenvalue weighted by Gasteiger charge is 2.48. The van der Waals surface area contributed by atoms with Gasteiger partial charge in [0.15, 0.2) is 11.6 Å². The molecule has 1 aliphatic rings. The molecule has 0 spiro atoms. The number of alkyl halides is 1. The van der Waals surface area contributed by atoms with Crippen molar-refractivity contribution in [2.45, 2.75) is 32.7 Å². The Kier molecular flexibility index (Phi) is 2.82. The fraction of sp³-hybridized carbons (Fsp3) is 0.500. The lowest BCUT2D eigenvalue weighted by Crippen LogP contribution is -2.06. The predicted octanol–water partition coefficient (Wildman–Crippen LogP) is 4.07. The third-order valence-corrected chi connectivity index (χ3v) is 4.08. The zero-order chi connectivity index (χ0) is 13.8. The van der Waals surface area contributed by atoms with E-state index in [1.807, 2.05) is 4.57 Å². The van der Waals surface area contributed by atoms with Gasteiger partial charge in [-0.3, -0.25) is 0 Å². The lowest BCUT2D eigenvalue weighted by Gasteiger charge is -2.10. The van der Waals surface area contributed by atoms with Gasteiger partial charge in [0.05, 0.1) is 11.0 Å². The SMILES string of the molecule is CC1(C)CC1n1c(CCCl)nc2cc(F)c(F)cc21. The topological polar surface area (TPSA) is 17.8 Å². The van der Waals surface area contributed by atoms with E-state index in [0.29, 0.717) is 29.4 Å². The Hall–Kier alpha value is -1.16. The van der Waals surface area contributed by atoms with Gasteiger partial charge in [-0.1, -0.05) is 13.8 Å². The van der Waals surface area contributed by atoms with Crippen molar-refractivity contribution in [2.24, 2.45) is 5.41 Å². The molecule has 0 aliphatic heterocycles. The molecule has 2 aromatic rings. The molecule has 0 radical (unpaired) electrons. The molecule has 1 fully saturated rings. The molecule has 1 saturated carbocycles. The Morgan fingerprint density at radius 2 is 2.00 bits per heavy atom. The van der Waals surface area contributed by atoms with Crippen molar-refractivity contribution >= 4 is 22.6 Å². The van der Waals surface area contributed by atoms with Crippen molar-refractivity contribution in [2.75, 3.05) is 5.88 Å². The number of aromatic nitrogens is 2. The number of hydrogen-bond acceptors (Lipinski definition) is 1. The quantitative estimate of drug-likeness (QED) is 0.777. The highest BCUT2D eigenvalue weighted by molar-refractivity contribution is 6.17. The van der Waals surface area contributed by atoms with E-state index in [1.54, 1.807) is 0 Å². The van der Waals surface area contributed by atoms with Crippen molar-refractivity contribution in [3.63, 3.8) is 0 Å². The molecule has 0 saturated heterocycles. The molecule has 102 valence electrons. The molecular formula is C14H15ClF2N2. The number of benzene rings is 1. The van der Waals surface area contributed by atoms with Crippen LogP contribution in [0.4, 0.5) is 8.78 Å². The standard InChI is InChI=1S/C14H15ClF2N2/c1-14(2)7-12(14)19-11-6-9(17)8(16)5-10(11)18-13(19)3-4-15/h5-6,12H,3-4,7H2,1-2H3. The molecule has 1 aliphatic carbocycles. The maximum absolute atomic E-state index is 13.5. The minimum absolute atomic E-state index is 0.180. The molecule has 0 amide bonds. The molecule has 0 N–H and O–H groups in total. The summed E-state index contributed by atoms with van der Waals surface area (Å²) in [5, 5.41) is 0. The van der Waals surface area contributed by atoms with Crippen LogP contribution in [0.15, 0.2) is 12.1 Å². The number of nitrogens with zero attached hydrogens (tertiary/aromatic N) is 2. The molecule has 1 aromatic heterocycles. The van der Waals surface area contributed by atoms with Crippen molar-refractivity contribution in [1.82, 2.24) is 9.55 Å². The van der Waals surface area contributed by atoms with Gasteiger partial charge >= 0.3 is 0 Å². The summed E-state index contributed by atoms with van der Waals surface area (Å²) in [5.74, 6) is -0.429. The van der Waals surface area contributed by atoms with Gasteiger partial charge in [0.1, 0.15) is 5.82 Å². The highest BCUT2D eigenvalue weighted by Crippen LogP contribution is 2.56. The molecule has 1 atom stereocenters. The molecule has 2 nitrogen and oxygen atoms in total. The van der Waals surface area contributed by atoms with Crippen LogP contribution < -0.4 is 0 Å². The zero-order valence-electron chi connectivity index (χ0n) is 10.9. The van der Waals surface area contributed by atoms with Gasteiger partial charge in [-0.2, -0.15) is 0 Å². The molecule has 1 unspecified atom stereocenters. The van der Waals surface area contributed by atoms with Gasteiger partial charge < -0.3 is 4.57 Å². The predicted molar refractivity (Wildman–Crippen MR) is 71.5 cm³/mol. The molecule has 1 aromatic carbocycles. The summed E-state index contributed by atoms with van der Waals surface area (Å²) in [5.41, 5.74) is 1.34. The third kappa shape index (κ3) is 2.02. The van der Waals surface area contributed by atoms with Gasteiger partial charge in [0.25, 0.3) is 0 Å². The number of imidazole rings is 1. The van der Waals surface area contributed by atoms with Crippen LogP contribution in [-0.4, -0.2) is 15.4 Å². The van der Waals surface area contributed by atoms with Gasteiger partial charge in [-0.05, 0) is 11.8 Å². The van der Waals surface area contributed by atoms with E-state index >= 15 is 0 Å². The first-order chi connectivity index (χ1) is 8.94. The van der Waals surface area contributed by atoms with E-state index < -0.39 is 11.6 Å². The van der Waals surface area contributed by atoms with Crippen LogP contribution in [0.5, 0.6) is 0 Å². The first-order valence-electron chi connectivity index (χ1n) is 6.36. The van der Waals surface area contributed by atoms with E-state index in [2.05, 4.69) is 18.8 Å². The fourth-order valence-electron chi connectivity index (χ4n) is 2.63. The zero-order valence-corrected chi connectivity index (χ0v) is 11.6. The number of hydrogen-bond donors (Lipinski definition) is 0. The van der Waals surface area contributed by atoms with Crippen molar-refractivity contribution in [3.8, 4) is 0 Å². The minimum atomic E-state index is -0.857. The molecule has 1 heterocycles. The minimum Gasteiger partial charge on any atom is -0.324 e. The van der Waals surface area contributed by atoms with E-state index in [0.717, 1.165) is 18.3 Å². The number of rotatable bonds is 3. The van der Waals surface area contributed by atoms with Gasteiger partial charge in [0.2, 0.25) is 0 Å². The van der Waals surface area contributed by atoms with Crippen LogP contribution in [0, 0.1) is 17.0 Å². The van der Waals surface area contributed by atoms with Crippen molar-refractivity contribution < 1.29 is 8.78 Å². The Morgan fingerprint density at radius 3 is 2.58 bits per heavy atom. The van der Waals surface area contributed by atoms with E-state index in [-0.39, 0.29) is 5.41 Å². The van der Waals surface area contributed by atoms with Gasteiger partial charge in [-0.25, -0.2) is 13.8 Å².